The van der Waals surface area contributed by atoms with Crippen molar-refractivity contribution in [3.8, 4) is 0 Å². The molecule has 3 N–H and O–H groups in total. The molecule has 11 heteroatoms. The Morgan fingerprint density at radius 2 is 2.09 bits per heavy atom. The van der Waals surface area contributed by atoms with Crippen LogP contribution in [0.2, 0.25) is 5.02 Å². The van der Waals surface area contributed by atoms with Gasteiger partial charge < -0.3 is 11.1 Å². The number of rotatable bonds is 5. The lowest BCUT2D eigenvalue weighted by Gasteiger charge is -2.05. The maximum atomic E-state index is 12.7. The molecule has 2 heterocycles. The highest BCUT2D eigenvalue weighted by molar-refractivity contribution is 6.31. The largest absolute Gasteiger partial charge is 0.364 e. The third-order valence-electron chi connectivity index (χ3n) is 2.99. The average Bonchev–Trinajstić information content (AvgIpc) is 2.93. The van der Waals surface area contributed by atoms with Gasteiger partial charge in [-0.05, 0) is 6.92 Å². The fourth-order valence-corrected chi connectivity index (χ4v) is 2.15. The van der Waals surface area contributed by atoms with E-state index in [1.54, 1.807) is 7.05 Å². The lowest BCUT2D eigenvalue weighted by atomic mass is 10.3. The quantitative estimate of drug-likeness (QED) is 0.849. The molecule has 2 rings (SSSR count). The van der Waals surface area contributed by atoms with E-state index in [9.17, 15) is 18.4 Å². The molecule has 0 spiro atoms. The first kappa shape index (κ1) is 16.9. The van der Waals surface area contributed by atoms with Gasteiger partial charge in [-0.15, -0.1) is 0 Å². The second kappa shape index (κ2) is 6.32. The van der Waals surface area contributed by atoms with Gasteiger partial charge in [0.2, 0.25) is 5.91 Å². The van der Waals surface area contributed by atoms with Crippen LogP contribution in [0.3, 0.4) is 0 Å². The molecule has 0 unspecified atom stereocenters. The molecule has 8 nitrogen and oxygen atoms in total. The first-order chi connectivity index (χ1) is 10.7. The summed E-state index contributed by atoms with van der Waals surface area (Å²) in [6, 6.07) is 0. The Balaban J connectivity index is 2.18. The molecule has 2 amide bonds. The number of alkyl halides is 2. The minimum Gasteiger partial charge on any atom is -0.364 e. The maximum absolute atomic E-state index is 12.7. The lowest BCUT2D eigenvalue weighted by Crippen LogP contribution is -2.22. The summed E-state index contributed by atoms with van der Waals surface area (Å²) in [4.78, 5) is 23.2. The van der Waals surface area contributed by atoms with Gasteiger partial charge in [-0.1, -0.05) is 11.6 Å². The number of nitrogens with two attached hydrogens (primary N) is 1. The summed E-state index contributed by atoms with van der Waals surface area (Å²) in [6.45, 7) is 1.11. The number of aryl methyl sites for hydroxylation is 1. The maximum Gasteiger partial charge on any atom is 0.283 e. The predicted octanol–water partition coefficient (Wildman–Crippen LogP) is 1.25. The van der Waals surface area contributed by atoms with E-state index in [4.69, 9.17) is 17.3 Å². The number of carbonyl (C=O) groups excluding carboxylic acids is 2. The van der Waals surface area contributed by atoms with Crippen LogP contribution in [-0.2, 0) is 18.4 Å². The van der Waals surface area contributed by atoms with E-state index >= 15 is 0 Å². The second-order valence-corrected chi connectivity index (χ2v) is 5.10. The molecule has 0 saturated carbocycles. The minimum atomic E-state index is -2.84. The third-order valence-corrected chi connectivity index (χ3v) is 3.46. The Hall–Kier alpha value is -2.49. The standard InChI is InChI=1S/C12H13ClF2N6O2/c1-5-8(13)10(11(14)15)19-21(5)4-7(22)17-6-3-20(2)18-9(6)12(16)23/h3,11H,4H2,1-2H3,(H2,16,23)(H,17,22). The van der Waals surface area contributed by atoms with Gasteiger partial charge in [-0.25, -0.2) is 8.78 Å². The van der Waals surface area contributed by atoms with Crippen LogP contribution in [-0.4, -0.2) is 31.4 Å². The van der Waals surface area contributed by atoms with Gasteiger partial charge in [0.05, 0.1) is 16.4 Å². The van der Waals surface area contributed by atoms with Crippen molar-refractivity contribution in [3.63, 3.8) is 0 Å². The van der Waals surface area contributed by atoms with Crippen molar-refractivity contribution in [1.29, 1.82) is 0 Å². The molecule has 0 bridgehead atoms. The molecule has 0 aliphatic heterocycles. The molecule has 0 aliphatic rings. The Labute approximate surface area is 134 Å². The fourth-order valence-electron chi connectivity index (χ4n) is 1.93. The normalized spacial score (nSPS) is 11.0. The SMILES string of the molecule is Cc1c(Cl)c(C(F)F)nn1CC(=O)Nc1cn(C)nc1C(N)=O. The molecule has 0 saturated heterocycles. The molecule has 0 atom stereocenters. The Bertz CT molecular complexity index is 770. The number of halogens is 3. The molecule has 0 aliphatic carbocycles. The predicted molar refractivity (Wildman–Crippen MR) is 77.3 cm³/mol. The van der Waals surface area contributed by atoms with E-state index in [-0.39, 0.29) is 28.6 Å². The van der Waals surface area contributed by atoms with Gasteiger partial charge in [0.15, 0.2) is 5.69 Å². The average molecular weight is 347 g/mol. The number of primary amides is 1. The van der Waals surface area contributed by atoms with Crippen LogP contribution in [0.15, 0.2) is 6.20 Å². The summed E-state index contributed by atoms with van der Waals surface area (Å²) in [7, 11) is 1.55. The van der Waals surface area contributed by atoms with Gasteiger partial charge in [0, 0.05) is 13.2 Å². The minimum absolute atomic E-state index is 0.107. The van der Waals surface area contributed by atoms with E-state index in [2.05, 4.69) is 15.5 Å². The smallest absolute Gasteiger partial charge is 0.283 e. The molecular weight excluding hydrogens is 334 g/mol. The Kier molecular flexibility index (Phi) is 4.64. The summed E-state index contributed by atoms with van der Waals surface area (Å²) < 4.78 is 27.8. The molecule has 124 valence electrons. The van der Waals surface area contributed by atoms with Crippen LogP contribution in [0, 0.1) is 6.92 Å². The Morgan fingerprint density at radius 3 is 2.61 bits per heavy atom. The fraction of sp³-hybridized carbons (Fsp3) is 0.333. The number of aromatic nitrogens is 4. The van der Waals surface area contributed by atoms with Crippen LogP contribution in [0.1, 0.15) is 28.3 Å². The molecule has 2 aromatic heterocycles. The number of hydrogen-bond acceptors (Lipinski definition) is 4. The number of amides is 2. The Morgan fingerprint density at radius 1 is 1.43 bits per heavy atom. The van der Waals surface area contributed by atoms with Crippen LogP contribution in [0.5, 0.6) is 0 Å². The molecular formula is C12H13ClF2N6O2. The number of nitrogens with zero attached hydrogens (tertiary/aromatic N) is 4. The number of carbonyl (C=O) groups is 2. The van der Waals surface area contributed by atoms with Crippen molar-refractivity contribution < 1.29 is 18.4 Å². The summed E-state index contributed by atoms with van der Waals surface area (Å²) in [5, 5.41) is 9.67. The molecule has 2 aromatic rings. The third kappa shape index (κ3) is 3.47. The highest BCUT2D eigenvalue weighted by Gasteiger charge is 2.22. The van der Waals surface area contributed by atoms with E-state index < -0.39 is 23.9 Å². The monoisotopic (exact) mass is 346 g/mol. The molecule has 0 radical (unpaired) electrons. The lowest BCUT2D eigenvalue weighted by molar-refractivity contribution is -0.117. The van der Waals surface area contributed by atoms with Gasteiger partial charge in [0.1, 0.15) is 12.2 Å². The van der Waals surface area contributed by atoms with Crippen LogP contribution in [0.4, 0.5) is 14.5 Å². The van der Waals surface area contributed by atoms with E-state index in [0.717, 1.165) is 4.68 Å². The van der Waals surface area contributed by atoms with Crippen LogP contribution < -0.4 is 11.1 Å². The summed E-state index contributed by atoms with van der Waals surface area (Å²) in [5.74, 6) is -1.40. The zero-order valence-electron chi connectivity index (χ0n) is 12.2. The van der Waals surface area contributed by atoms with E-state index in [1.807, 2.05) is 0 Å². The van der Waals surface area contributed by atoms with Gasteiger partial charge in [0.25, 0.3) is 12.3 Å². The van der Waals surface area contributed by atoms with Crippen LogP contribution in [0.25, 0.3) is 0 Å². The van der Waals surface area contributed by atoms with Crippen molar-refractivity contribution >= 4 is 29.1 Å². The van der Waals surface area contributed by atoms with Crippen LogP contribution >= 0.6 is 11.6 Å². The van der Waals surface area contributed by atoms with Gasteiger partial charge in [-0.3, -0.25) is 19.0 Å². The topological polar surface area (TPSA) is 108 Å². The summed E-state index contributed by atoms with van der Waals surface area (Å²) in [5.41, 5.74) is 4.81. The van der Waals surface area contributed by atoms with Crippen molar-refractivity contribution in [1.82, 2.24) is 19.6 Å². The van der Waals surface area contributed by atoms with E-state index in [0.29, 0.717) is 0 Å². The highest BCUT2D eigenvalue weighted by atomic mass is 35.5. The van der Waals surface area contributed by atoms with Crippen molar-refractivity contribution in [2.45, 2.75) is 19.9 Å². The van der Waals surface area contributed by atoms with Gasteiger partial charge >= 0.3 is 0 Å². The highest BCUT2D eigenvalue weighted by Crippen LogP contribution is 2.28. The zero-order chi connectivity index (χ0) is 17.3. The first-order valence-electron chi connectivity index (χ1n) is 6.35. The van der Waals surface area contributed by atoms with Crippen molar-refractivity contribution in [3.05, 3.63) is 28.3 Å². The number of nitrogens with one attached hydrogen (secondary N) is 1. The molecule has 0 aromatic carbocycles. The second-order valence-electron chi connectivity index (χ2n) is 4.72. The van der Waals surface area contributed by atoms with Gasteiger partial charge in [-0.2, -0.15) is 10.2 Å². The van der Waals surface area contributed by atoms with Crippen molar-refractivity contribution in [2.24, 2.45) is 12.8 Å². The number of hydrogen-bond donors (Lipinski definition) is 2. The molecule has 0 fully saturated rings. The van der Waals surface area contributed by atoms with Crippen molar-refractivity contribution in [2.75, 3.05) is 5.32 Å². The first-order valence-corrected chi connectivity index (χ1v) is 6.72. The summed E-state index contributed by atoms with van der Waals surface area (Å²) in [6.07, 6.45) is -1.45. The van der Waals surface area contributed by atoms with E-state index in [1.165, 1.54) is 17.8 Å². The zero-order valence-corrected chi connectivity index (χ0v) is 12.9. The summed E-state index contributed by atoms with van der Waals surface area (Å²) >= 11 is 5.75. The molecule has 23 heavy (non-hydrogen) atoms. The number of anilines is 1.